The first-order chi connectivity index (χ1) is 12.0. The first-order valence-corrected chi connectivity index (χ1v) is 8.49. The van der Waals surface area contributed by atoms with E-state index in [1.165, 1.54) is 0 Å². The molecule has 0 aromatic heterocycles. The van der Waals surface area contributed by atoms with Crippen molar-refractivity contribution in [2.75, 3.05) is 18.4 Å². The maximum absolute atomic E-state index is 12.7. The second-order valence-electron chi connectivity index (χ2n) is 5.99. The molecule has 0 saturated heterocycles. The molecule has 0 bridgehead atoms. The average molecular weight is 376 g/mol. The van der Waals surface area contributed by atoms with Crippen molar-refractivity contribution in [1.82, 2.24) is 4.90 Å². The van der Waals surface area contributed by atoms with Gasteiger partial charge >= 0.3 is 0 Å². The fourth-order valence-corrected chi connectivity index (χ4v) is 2.56. The van der Waals surface area contributed by atoms with E-state index in [9.17, 15) is 9.59 Å². The molecular weight excluding hydrogens is 350 g/mol. The van der Waals surface area contributed by atoms with E-state index in [0.29, 0.717) is 18.7 Å². The summed E-state index contributed by atoms with van der Waals surface area (Å²) in [7, 11) is 0. The van der Waals surface area contributed by atoms with E-state index < -0.39 is 0 Å². The van der Waals surface area contributed by atoms with Crippen LogP contribution >= 0.6 is 12.4 Å². The zero-order chi connectivity index (χ0) is 18.2. The van der Waals surface area contributed by atoms with Crippen LogP contribution in [0.15, 0.2) is 48.5 Å². The number of rotatable bonds is 7. The fourth-order valence-electron chi connectivity index (χ4n) is 2.56. The fraction of sp³-hybridized carbons (Fsp3) is 0.300. The second-order valence-corrected chi connectivity index (χ2v) is 5.99. The third kappa shape index (κ3) is 5.86. The summed E-state index contributed by atoms with van der Waals surface area (Å²) < 4.78 is 0. The predicted molar refractivity (Wildman–Crippen MR) is 108 cm³/mol. The topological polar surface area (TPSA) is 75.4 Å². The molecule has 0 atom stereocenters. The molecule has 5 nitrogen and oxygen atoms in total. The second kappa shape index (κ2) is 10.6. The third-order valence-corrected chi connectivity index (χ3v) is 3.97. The first kappa shape index (κ1) is 21.7. The lowest BCUT2D eigenvalue weighted by Gasteiger charge is -2.22. The number of nitrogens with two attached hydrogens (primary N) is 1. The lowest BCUT2D eigenvalue weighted by molar-refractivity contribution is -0.116. The van der Waals surface area contributed by atoms with Crippen molar-refractivity contribution in [2.45, 2.75) is 26.8 Å². The molecule has 0 unspecified atom stereocenters. The normalized spacial score (nSPS) is 9.96. The molecular formula is C20H26ClN3O2. The highest BCUT2D eigenvalue weighted by molar-refractivity contribution is 5.99. The summed E-state index contributed by atoms with van der Waals surface area (Å²) >= 11 is 0. The largest absolute Gasteiger partial charge is 0.329 e. The molecule has 0 fully saturated rings. The Hall–Kier alpha value is -2.37. The van der Waals surface area contributed by atoms with Gasteiger partial charge in [0.15, 0.2) is 0 Å². The van der Waals surface area contributed by atoms with E-state index >= 15 is 0 Å². The standard InChI is InChI=1S/C20H25N3O2.ClH/c1-3-12-23(20(25)17-10-8-16(13-21)9-11-17)14-19(24)22-18-7-5-4-6-15(18)2;/h4-11H,3,12-14,21H2,1-2H3,(H,22,24);1H. The van der Waals surface area contributed by atoms with Crippen molar-refractivity contribution < 1.29 is 9.59 Å². The number of hydrogen-bond acceptors (Lipinski definition) is 3. The number of carbonyl (C=O) groups is 2. The quantitative estimate of drug-likeness (QED) is 0.779. The van der Waals surface area contributed by atoms with Crippen molar-refractivity contribution in [1.29, 1.82) is 0 Å². The molecule has 0 radical (unpaired) electrons. The molecule has 0 saturated carbocycles. The van der Waals surface area contributed by atoms with Crippen molar-refractivity contribution >= 4 is 29.9 Å². The Bertz CT molecular complexity index is 732. The molecule has 0 aliphatic heterocycles. The number of amides is 2. The number of aryl methyl sites for hydroxylation is 1. The van der Waals surface area contributed by atoms with Crippen LogP contribution < -0.4 is 11.1 Å². The number of hydrogen-bond donors (Lipinski definition) is 2. The summed E-state index contributed by atoms with van der Waals surface area (Å²) in [6.07, 6.45) is 0.782. The lowest BCUT2D eigenvalue weighted by atomic mass is 10.1. The van der Waals surface area contributed by atoms with Gasteiger partial charge in [-0.05, 0) is 42.7 Å². The summed E-state index contributed by atoms with van der Waals surface area (Å²) in [6, 6.07) is 14.8. The van der Waals surface area contributed by atoms with E-state index in [4.69, 9.17) is 5.73 Å². The van der Waals surface area contributed by atoms with Gasteiger partial charge in [-0.25, -0.2) is 0 Å². The van der Waals surface area contributed by atoms with E-state index in [0.717, 1.165) is 23.2 Å². The van der Waals surface area contributed by atoms with Crippen molar-refractivity contribution in [3.05, 3.63) is 65.2 Å². The first-order valence-electron chi connectivity index (χ1n) is 8.49. The highest BCUT2D eigenvalue weighted by Gasteiger charge is 2.18. The highest BCUT2D eigenvalue weighted by Crippen LogP contribution is 2.14. The molecule has 0 spiro atoms. The van der Waals surface area contributed by atoms with E-state index in [1.54, 1.807) is 17.0 Å². The Morgan fingerprint density at radius 3 is 2.31 bits per heavy atom. The Balaban J connectivity index is 0.00000338. The summed E-state index contributed by atoms with van der Waals surface area (Å²) in [5, 5.41) is 2.87. The number of carbonyl (C=O) groups excluding carboxylic acids is 2. The van der Waals surface area contributed by atoms with Crippen LogP contribution in [0.25, 0.3) is 0 Å². The molecule has 2 aromatic carbocycles. The monoisotopic (exact) mass is 375 g/mol. The Morgan fingerprint density at radius 2 is 1.73 bits per heavy atom. The Labute approximate surface area is 161 Å². The molecule has 0 aliphatic rings. The van der Waals surface area contributed by atoms with Crippen LogP contribution in [0.5, 0.6) is 0 Å². The number of para-hydroxylation sites is 1. The highest BCUT2D eigenvalue weighted by atomic mass is 35.5. The number of nitrogens with one attached hydrogen (secondary N) is 1. The number of halogens is 1. The maximum atomic E-state index is 12.7. The van der Waals surface area contributed by atoms with Crippen LogP contribution in [0.3, 0.4) is 0 Å². The van der Waals surface area contributed by atoms with Crippen LogP contribution in [0, 0.1) is 6.92 Å². The average Bonchev–Trinajstić information content (AvgIpc) is 2.63. The predicted octanol–water partition coefficient (Wildman–Crippen LogP) is 3.37. The van der Waals surface area contributed by atoms with Gasteiger partial charge in [0.1, 0.15) is 6.54 Å². The molecule has 2 amide bonds. The summed E-state index contributed by atoms with van der Waals surface area (Å²) in [6.45, 7) is 4.91. The van der Waals surface area contributed by atoms with Gasteiger partial charge in [0.25, 0.3) is 5.91 Å². The van der Waals surface area contributed by atoms with Gasteiger partial charge in [-0.2, -0.15) is 0 Å². The van der Waals surface area contributed by atoms with E-state index in [2.05, 4.69) is 5.32 Å². The van der Waals surface area contributed by atoms with Crippen molar-refractivity contribution in [3.8, 4) is 0 Å². The lowest BCUT2D eigenvalue weighted by Crippen LogP contribution is -2.38. The molecule has 2 aromatic rings. The van der Waals surface area contributed by atoms with Gasteiger partial charge in [0, 0.05) is 24.3 Å². The van der Waals surface area contributed by atoms with Gasteiger partial charge in [-0.15, -0.1) is 12.4 Å². The van der Waals surface area contributed by atoms with Crippen LogP contribution in [0.1, 0.15) is 34.8 Å². The van der Waals surface area contributed by atoms with Crippen molar-refractivity contribution in [3.63, 3.8) is 0 Å². The SMILES string of the molecule is CCCN(CC(=O)Nc1ccccc1C)C(=O)c1ccc(CN)cc1.Cl. The minimum atomic E-state index is -0.199. The van der Waals surface area contributed by atoms with Crippen molar-refractivity contribution in [2.24, 2.45) is 5.73 Å². The zero-order valence-corrected chi connectivity index (χ0v) is 16.0. The van der Waals surface area contributed by atoms with Crippen LogP contribution in [-0.4, -0.2) is 29.8 Å². The summed E-state index contributed by atoms with van der Waals surface area (Å²) in [5.74, 6) is -0.347. The molecule has 3 N–H and O–H groups in total. The smallest absolute Gasteiger partial charge is 0.254 e. The van der Waals surface area contributed by atoms with E-state index in [-0.39, 0.29) is 30.8 Å². The van der Waals surface area contributed by atoms with Gasteiger partial charge in [0.05, 0.1) is 0 Å². The number of anilines is 1. The number of nitrogens with zero attached hydrogens (tertiary/aromatic N) is 1. The maximum Gasteiger partial charge on any atom is 0.254 e. The Morgan fingerprint density at radius 1 is 1.08 bits per heavy atom. The van der Waals surface area contributed by atoms with Crippen LogP contribution in [-0.2, 0) is 11.3 Å². The summed E-state index contributed by atoms with van der Waals surface area (Å²) in [4.78, 5) is 26.6. The molecule has 140 valence electrons. The van der Waals surface area contributed by atoms with Gasteiger partial charge in [-0.1, -0.05) is 37.3 Å². The molecule has 26 heavy (non-hydrogen) atoms. The third-order valence-electron chi connectivity index (χ3n) is 3.97. The van der Waals surface area contributed by atoms with Gasteiger partial charge < -0.3 is 16.0 Å². The van der Waals surface area contributed by atoms with E-state index in [1.807, 2.05) is 50.2 Å². The molecule has 0 heterocycles. The summed E-state index contributed by atoms with van der Waals surface area (Å²) in [5.41, 5.74) is 8.87. The van der Waals surface area contributed by atoms with Crippen LogP contribution in [0.2, 0.25) is 0 Å². The van der Waals surface area contributed by atoms with Crippen LogP contribution in [0.4, 0.5) is 5.69 Å². The van der Waals surface area contributed by atoms with Gasteiger partial charge in [-0.3, -0.25) is 9.59 Å². The van der Waals surface area contributed by atoms with Gasteiger partial charge in [0.2, 0.25) is 5.91 Å². The zero-order valence-electron chi connectivity index (χ0n) is 15.2. The Kier molecular flexibility index (Phi) is 8.82. The molecule has 0 aliphatic carbocycles. The molecule has 6 heteroatoms. The molecule has 2 rings (SSSR count). The minimum absolute atomic E-state index is 0. The minimum Gasteiger partial charge on any atom is -0.329 e. The number of benzene rings is 2.